The number of unbranched alkanes of at least 4 members (excludes halogenated alkanes) is 14. The Bertz CT molecular complexity index is 592. The summed E-state index contributed by atoms with van der Waals surface area (Å²) in [7, 11) is 0. The molecule has 0 spiro atoms. The molecule has 0 fully saturated rings. The highest BCUT2D eigenvalue weighted by Crippen LogP contribution is 2.32. The van der Waals surface area contributed by atoms with Crippen molar-refractivity contribution in [1.82, 2.24) is 0 Å². The van der Waals surface area contributed by atoms with Crippen molar-refractivity contribution in [3.8, 4) is 0 Å². The van der Waals surface area contributed by atoms with E-state index in [9.17, 15) is 20.4 Å². The topological polar surface area (TPSA) is 80.9 Å². The molecule has 0 unspecified atom stereocenters. The van der Waals surface area contributed by atoms with Gasteiger partial charge < -0.3 is 20.4 Å². The van der Waals surface area contributed by atoms with E-state index in [1.807, 2.05) is 0 Å². The van der Waals surface area contributed by atoms with Gasteiger partial charge in [0.2, 0.25) is 0 Å². The monoisotopic (exact) mass is 534 g/mol. The Balaban J connectivity index is 2.54. The van der Waals surface area contributed by atoms with Crippen molar-refractivity contribution in [2.45, 2.75) is 142 Å². The highest BCUT2D eigenvalue weighted by atomic mass is 16.3. The molecule has 4 nitrogen and oxygen atoms in total. The molecule has 222 valence electrons. The molecule has 4 heteroatoms. The van der Waals surface area contributed by atoms with E-state index in [1.54, 1.807) is 0 Å². The van der Waals surface area contributed by atoms with Gasteiger partial charge in [0.25, 0.3) is 0 Å². The van der Waals surface area contributed by atoms with E-state index in [1.165, 1.54) is 77.0 Å². The molecular formula is C34H62O4. The van der Waals surface area contributed by atoms with Crippen LogP contribution in [0.1, 0.15) is 141 Å². The lowest BCUT2D eigenvalue weighted by atomic mass is 9.77. The van der Waals surface area contributed by atoms with Gasteiger partial charge in [0.05, 0.1) is 26.4 Å². The van der Waals surface area contributed by atoms with Gasteiger partial charge >= 0.3 is 0 Å². The molecule has 0 saturated carbocycles. The fraction of sp³-hybridized carbons (Fsp3) is 0.824. The summed E-state index contributed by atoms with van der Waals surface area (Å²) < 4.78 is 0. The standard InChI is InChI=1S/C34H62O4/c1-3-5-7-9-11-13-15-17-23-33(27-35,28-36)25-31-19-21-32(22-20-31)26-34(29-37,30-38)24-18-16-14-12-10-8-6-4-2/h19-22,35-38H,3-18,23-30H2,1-2H3. The summed E-state index contributed by atoms with van der Waals surface area (Å²) in [5.41, 5.74) is 1.30. The number of rotatable bonds is 26. The lowest BCUT2D eigenvalue weighted by molar-refractivity contribution is 0.0442. The third-order valence-electron chi connectivity index (χ3n) is 8.64. The molecule has 0 heterocycles. The van der Waals surface area contributed by atoms with E-state index in [0.29, 0.717) is 12.8 Å². The Morgan fingerprint density at radius 3 is 0.947 bits per heavy atom. The molecular weight excluding hydrogens is 472 g/mol. The Kier molecular flexibility index (Phi) is 20.2. The molecule has 0 amide bonds. The van der Waals surface area contributed by atoms with E-state index in [4.69, 9.17) is 0 Å². The summed E-state index contributed by atoms with van der Waals surface area (Å²) in [6.07, 6.45) is 23.0. The molecule has 0 radical (unpaired) electrons. The van der Waals surface area contributed by atoms with Crippen molar-refractivity contribution in [2.24, 2.45) is 10.8 Å². The Morgan fingerprint density at radius 2 is 0.684 bits per heavy atom. The number of aliphatic hydroxyl groups is 4. The summed E-state index contributed by atoms with van der Waals surface area (Å²) in [4.78, 5) is 0. The van der Waals surface area contributed by atoms with E-state index < -0.39 is 10.8 Å². The largest absolute Gasteiger partial charge is 0.396 e. The molecule has 1 rings (SSSR count). The highest BCUT2D eigenvalue weighted by Gasteiger charge is 2.30. The van der Waals surface area contributed by atoms with Gasteiger partial charge in [-0.15, -0.1) is 0 Å². The van der Waals surface area contributed by atoms with Gasteiger partial charge in [-0.25, -0.2) is 0 Å². The highest BCUT2D eigenvalue weighted by molar-refractivity contribution is 5.25. The summed E-state index contributed by atoms with van der Waals surface area (Å²) in [6, 6.07) is 8.38. The first kappa shape index (κ1) is 35.1. The van der Waals surface area contributed by atoms with Crippen molar-refractivity contribution in [3.63, 3.8) is 0 Å². The van der Waals surface area contributed by atoms with Crippen LogP contribution in [0.25, 0.3) is 0 Å². The second kappa shape index (κ2) is 21.8. The van der Waals surface area contributed by atoms with Crippen molar-refractivity contribution < 1.29 is 20.4 Å². The normalized spacial score (nSPS) is 12.4. The second-order valence-corrected chi connectivity index (χ2v) is 12.3. The van der Waals surface area contributed by atoms with Crippen molar-refractivity contribution >= 4 is 0 Å². The molecule has 1 aromatic carbocycles. The predicted octanol–water partition coefficient (Wildman–Crippen LogP) is 7.78. The van der Waals surface area contributed by atoms with Crippen LogP contribution < -0.4 is 0 Å². The van der Waals surface area contributed by atoms with Gasteiger partial charge in [0.15, 0.2) is 0 Å². The SMILES string of the molecule is CCCCCCCCCCC(CO)(CO)Cc1ccc(CC(CO)(CO)CCCCCCCCCC)cc1. The first-order chi connectivity index (χ1) is 18.5. The average Bonchev–Trinajstić information content (AvgIpc) is 2.95. The van der Waals surface area contributed by atoms with Gasteiger partial charge in [-0.1, -0.05) is 141 Å². The van der Waals surface area contributed by atoms with Gasteiger partial charge in [-0.2, -0.15) is 0 Å². The zero-order chi connectivity index (χ0) is 28.0. The van der Waals surface area contributed by atoms with E-state index in [-0.39, 0.29) is 26.4 Å². The van der Waals surface area contributed by atoms with Crippen LogP contribution in [0.15, 0.2) is 24.3 Å². The molecule has 0 aliphatic heterocycles. The van der Waals surface area contributed by atoms with Crippen LogP contribution >= 0.6 is 0 Å². The van der Waals surface area contributed by atoms with Gasteiger partial charge in [0.1, 0.15) is 0 Å². The maximum atomic E-state index is 10.2. The van der Waals surface area contributed by atoms with Crippen molar-refractivity contribution in [2.75, 3.05) is 26.4 Å². The molecule has 0 atom stereocenters. The molecule has 1 aromatic rings. The molecule has 0 aliphatic rings. The van der Waals surface area contributed by atoms with Crippen LogP contribution in [0, 0.1) is 10.8 Å². The first-order valence-corrected chi connectivity index (χ1v) is 16.0. The number of hydrogen-bond donors (Lipinski definition) is 4. The maximum Gasteiger partial charge on any atom is 0.0512 e. The minimum atomic E-state index is -0.472. The summed E-state index contributed by atoms with van der Waals surface area (Å²) in [5, 5.41) is 40.7. The third-order valence-corrected chi connectivity index (χ3v) is 8.64. The zero-order valence-electron chi connectivity index (χ0n) is 25.1. The zero-order valence-corrected chi connectivity index (χ0v) is 25.1. The lowest BCUT2D eigenvalue weighted by Crippen LogP contribution is -2.33. The number of aliphatic hydroxyl groups excluding tert-OH is 4. The van der Waals surface area contributed by atoms with Crippen LogP contribution in [-0.4, -0.2) is 46.9 Å². The van der Waals surface area contributed by atoms with Gasteiger partial charge in [-0.05, 0) is 36.8 Å². The smallest absolute Gasteiger partial charge is 0.0512 e. The minimum absolute atomic E-state index is 0.00150. The van der Waals surface area contributed by atoms with Crippen LogP contribution in [0.4, 0.5) is 0 Å². The lowest BCUT2D eigenvalue weighted by Gasteiger charge is -2.31. The number of benzene rings is 1. The first-order valence-electron chi connectivity index (χ1n) is 16.0. The minimum Gasteiger partial charge on any atom is -0.396 e. The van der Waals surface area contributed by atoms with E-state index >= 15 is 0 Å². The quantitative estimate of drug-likeness (QED) is 0.0915. The Hall–Kier alpha value is -0.940. The fourth-order valence-corrected chi connectivity index (χ4v) is 5.73. The second-order valence-electron chi connectivity index (χ2n) is 12.3. The third kappa shape index (κ3) is 14.4. The maximum absolute atomic E-state index is 10.2. The van der Waals surface area contributed by atoms with Crippen molar-refractivity contribution in [1.29, 1.82) is 0 Å². The van der Waals surface area contributed by atoms with Crippen LogP contribution in [0.3, 0.4) is 0 Å². The number of hydrogen-bond acceptors (Lipinski definition) is 4. The Morgan fingerprint density at radius 1 is 0.421 bits per heavy atom. The van der Waals surface area contributed by atoms with Crippen LogP contribution in [-0.2, 0) is 12.8 Å². The van der Waals surface area contributed by atoms with E-state index in [2.05, 4.69) is 38.1 Å². The van der Waals surface area contributed by atoms with Crippen LogP contribution in [0.5, 0.6) is 0 Å². The van der Waals surface area contributed by atoms with E-state index in [0.717, 1.165) is 49.7 Å². The summed E-state index contributed by atoms with van der Waals surface area (Å²) in [5.74, 6) is 0. The molecule has 4 N–H and O–H groups in total. The molecule has 0 bridgehead atoms. The van der Waals surface area contributed by atoms with Gasteiger partial charge in [-0.3, -0.25) is 0 Å². The fourth-order valence-electron chi connectivity index (χ4n) is 5.73. The van der Waals surface area contributed by atoms with Crippen molar-refractivity contribution in [3.05, 3.63) is 35.4 Å². The summed E-state index contributed by atoms with van der Waals surface area (Å²) in [6.45, 7) is 4.48. The average molecular weight is 535 g/mol. The molecule has 0 aromatic heterocycles. The molecule has 0 saturated heterocycles. The molecule has 38 heavy (non-hydrogen) atoms. The summed E-state index contributed by atoms with van der Waals surface area (Å²) >= 11 is 0. The predicted molar refractivity (Wildman–Crippen MR) is 162 cm³/mol. The molecule has 0 aliphatic carbocycles. The van der Waals surface area contributed by atoms with Crippen LogP contribution in [0.2, 0.25) is 0 Å². The Labute approximate surface area is 235 Å². The van der Waals surface area contributed by atoms with Gasteiger partial charge in [0, 0.05) is 10.8 Å².